The molecule has 1 aromatic carbocycles. The Morgan fingerprint density at radius 2 is 2.11 bits per heavy atom. The van der Waals surface area contributed by atoms with E-state index in [2.05, 4.69) is 35.0 Å². The van der Waals surface area contributed by atoms with Gasteiger partial charge in [-0.15, -0.1) is 0 Å². The summed E-state index contributed by atoms with van der Waals surface area (Å²) in [5, 5.41) is 12.6. The van der Waals surface area contributed by atoms with E-state index in [0.29, 0.717) is 13.0 Å². The lowest BCUT2D eigenvalue weighted by Crippen LogP contribution is -1.96. The van der Waals surface area contributed by atoms with Crippen molar-refractivity contribution in [2.45, 2.75) is 19.3 Å². The summed E-state index contributed by atoms with van der Waals surface area (Å²) in [5.74, 6) is 0.899. The molecule has 0 unspecified atom stereocenters. The zero-order valence-corrected chi connectivity index (χ0v) is 11.0. The van der Waals surface area contributed by atoms with E-state index in [1.54, 1.807) is 11.3 Å². The molecule has 0 atom stereocenters. The minimum absolute atomic E-state index is 0.609. The number of thiophene rings is 1. The van der Waals surface area contributed by atoms with Crippen LogP contribution in [-0.4, -0.2) is 6.61 Å². The average Bonchev–Trinajstić information content (AvgIpc) is 2.93. The fraction of sp³-hybridized carbons (Fsp3) is 0.267. The first kappa shape index (κ1) is 12.7. The van der Waals surface area contributed by atoms with E-state index in [4.69, 9.17) is 10.00 Å². The van der Waals surface area contributed by atoms with Gasteiger partial charge in [-0.2, -0.15) is 16.6 Å². The van der Waals surface area contributed by atoms with Crippen LogP contribution in [0.15, 0.2) is 41.1 Å². The number of rotatable bonds is 6. The van der Waals surface area contributed by atoms with Gasteiger partial charge in [-0.1, -0.05) is 12.1 Å². The van der Waals surface area contributed by atoms with Crippen LogP contribution in [0.1, 0.15) is 19.3 Å². The number of hydrogen-bond donors (Lipinski definition) is 0. The van der Waals surface area contributed by atoms with E-state index in [9.17, 15) is 0 Å². The van der Waals surface area contributed by atoms with Crippen molar-refractivity contribution in [2.75, 3.05) is 6.61 Å². The third-order valence-electron chi connectivity index (χ3n) is 2.64. The molecule has 0 fully saturated rings. The summed E-state index contributed by atoms with van der Waals surface area (Å²) in [6.07, 6.45) is 2.44. The van der Waals surface area contributed by atoms with Crippen molar-refractivity contribution in [2.24, 2.45) is 0 Å². The summed E-state index contributed by atoms with van der Waals surface area (Å²) in [5.41, 5.74) is 2.42. The zero-order chi connectivity index (χ0) is 12.6. The number of benzene rings is 1. The molecular weight excluding hydrogens is 242 g/mol. The van der Waals surface area contributed by atoms with Crippen molar-refractivity contribution in [3.05, 3.63) is 41.1 Å². The van der Waals surface area contributed by atoms with Gasteiger partial charge in [-0.25, -0.2) is 0 Å². The quantitative estimate of drug-likeness (QED) is 0.714. The van der Waals surface area contributed by atoms with Crippen LogP contribution in [0.5, 0.6) is 5.75 Å². The number of hydrogen-bond acceptors (Lipinski definition) is 3. The van der Waals surface area contributed by atoms with Crippen molar-refractivity contribution >= 4 is 11.3 Å². The Bertz CT molecular complexity index is 514. The standard InChI is InChI=1S/C15H15NOS/c16-8-2-1-3-9-17-15-6-4-5-13(11-15)14-7-10-18-12-14/h4-7,10-12H,1-3,9H2. The van der Waals surface area contributed by atoms with Crippen molar-refractivity contribution in [3.63, 3.8) is 0 Å². The van der Waals surface area contributed by atoms with Gasteiger partial charge in [0.05, 0.1) is 12.7 Å². The summed E-state index contributed by atoms with van der Waals surface area (Å²) in [6, 6.07) is 12.4. The Hall–Kier alpha value is -1.79. The predicted molar refractivity (Wildman–Crippen MR) is 74.7 cm³/mol. The minimum atomic E-state index is 0.609. The van der Waals surface area contributed by atoms with E-state index < -0.39 is 0 Å². The monoisotopic (exact) mass is 257 g/mol. The van der Waals surface area contributed by atoms with Crippen molar-refractivity contribution in [3.8, 4) is 22.9 Å². The first-order chi connectivity index (χ1) is 8.90. The molecule has 0 spiro atoms. The maximum absolute atomic E-state index is 8.43. The Kier molecular flexibility index (Phi) is 4.80. The second-order valence-corrected chi connectivity index (χ2v) is 4.78. The van der Waals surface area contributed by atoms with E-state index in [0.717, 1.165) is 18.6 Å². The fourth-order valence-electron chi connectivity index (χ4n) is 1.69. The van der Waals surface area contributed by atoms with Crippen molar-refractivity contribution < 1.29 is 4.74 Å². The van der Waals surface area contributed by atoms with Gasteiger partial charge in [0.1, 0.15) is 5.75 Å². The predicted octanol–water partition coefficient (Wildman–Crippen LogP) is 4.49. The zero-order valence-electron chi connectivity index (χ0n) is 10.1. The topological polar surface area (TPSA) is 33.0 Å². The van der Waals surface area contributed by atoms with Gasteiger partial charge in [0.15, 0.2) is 0 Å². The number of unbranched alkanes of at least 4 members (excludes halogenated alkanes) is 2. The van der Waals surface area contributed by atoms with Crippen molar-refractivity contribution in [1.82, 2.24) is 0 Å². The molecule has 0 N–H and O–H groups in total. The summed E-state index contributed by atoms with van der Waals surface area (Å²) >= 11 is 1.70. The molecule has 0 bridgehead atoms. The van der Waals surface area contributed by atoms with Gasteiger partial charge in [-0.05, 0) is 52.9 Å². The second-order valence-electron chi connectivity index (χ2n) is 4.00. The Morgan fingerprint density at radius 1 is 1.17 bits per heavy atom. The van der Waals surface area contributed by atoms with Gasteiger partial charge in [0.25, 0.3) is 0 Å². The molecule has 0 saturated carbocycles. The molecule has 1 heterocycles. The molecule has 0 aliphatic carbocycles. The van der Waals surface area contributed by atoms with Gasteiger partial charge in [0.2, 0.25) is 0 Å². The number of ether oxygens (including phenoxy) is 1. The van der Waals surface area contributed by atoms with Crippen LogP contribution in [0.4, 0.5) is 0 Å². The maximum Gasteiger partial charge on any atom is 0.119 e. The molecule has 2 aromatic rings. The molecule has 3 heteroatoms. The summed E-state index contributed by atoms with van der Waals surface area (Å²) in [7, 11) is 0. The molecule has 2 rings (SSSR count). The average molecular weight is 257 g/mol. The molecule has 92 valence electrons. The molecule has 2 nitrogen and oxygen atoms in total. The third-order valence-corrected chi connectivity index (χ3v) is 3.32. The van der Waals surface area contributed by atoms with E-state index in [-0.39, 0.29) is 0 Å². The Labute approximate surface area is 111 Å². The lowest BCUT2D eigenvalue weighted by Gasteiger charge is -2.06. The van der Waals surface area contributed by atoms with Crippen LogP contribution in [0.25, 0.3) is 11.1 Å². The normalized spacial score (nSPS) is 9.94. The molecule has 0 amide bonds. The third kappa shape index (κ3) is 3.61. The van der Waals surface area contributed by atoms with Gasteiger partial charge < -0.3 is 4.74 Å². The SMILES string of the molecule is N#CCCCCOc1cccc(-c2ccsc2)c1. The van der Waals surface area contributed by atoms with Gasteiger partial charge in [-0.3, -0.25) is 0 Å². The smallest absolute Gasteiger partial charge is 0.119 e. The second kappa shape index (κ2) is 6.83. The highest BCUT2D eigenvalue weighted by Crippen LogP contribution is 2.25. The Morgan fingerprint density at radius 3 is 2.89 bits per heavy atom. The van der Waals surface area contributed by atoms with Crippen molar-refractivity contribution in [1.29, 1.82) is 5.26 Å². The van der Waals surface area contributed by atoms with Crippen LogP contribution in [0.3, 0.4) is 0 Å². The highest BCUT2D eigenvalue weighted by Gasteiger charge is 2.00. The highest BCUT2D eigenvalue weighted by atomic mass is 32.1. The minimum Gasteiger partial charge on any atom is -0.494 e. The lowest BCUT2D eigenvalue weighted by molar-refractivity contribution is 0.307. The highest BCUT2D eigenvalue weighted by molar-refractivity contribution is 7.08. The molecule has 18 heavy (non-hydrogen) atoms. The first-order valence-electron chi connectivity index (χ1n) is 6.02. The van der Waals surface area contributed by atoms with Crippen LogP contribution < -0.4 is 4.74 Å². The lowest BCUT2D eigenvalue weighted by atomic mass is 10.1. The summed E-state index contributed by atoms with van der Waals surface area (Å²) in [4.78, 5) is 0. The number of nitrogens with zero attached hydrogens (tertiary/aromatic N) is 1. The molecule has 0 aliphatic rings. The van der Waals surface area contributed by atoms with E-state index in [1.165, 1.54) is 11.1 Å². The molecule has 0 aliphatic heterocycles. The van der Waals surface area contributed by atoms with Crippen LogP contribution in [0, 0.1) is 11.3 Å². The summed E-state index contributed by atoms with van der Waals surface area (Å²) in [6.45, 7) is 0.675. The van der Waals surface area contributed by atoms with Crippen LogP contribution >= 0.6 is 11.3 Å². The fourth-order valence-corrected chi connectivity index (χ4v) is 2.36. The molecular formula is C15H15NOS. The molecule has 0 radical (unpaired) electrons. The van der Waals surface area contributed by atoms with E-state index in [1.807, 2.05) is 12.1 Å². The molecule has 1 aromatic heterocycles. The first-order valence-corrected chi connectivity index (χ1v) is 6.97. The van der Waals surface area contributed by atoms with Crippen LogP contribution in [-0.2, 0) is 0 Å². The van der Waals surface area contributed by atoms with Gasteiger partial charge >= 0.3 is 0 Å². The van der Waals surface area contributed by atoms with E-state index >= 15 is 0 Å². The van der Waals surface area contributed by atoms with Gasteiger partial charge in [0, 0.05) is 6.42 Å². The largest absolute Gasteiger partial charge is 0.494 e. The van der Waals surface area contributed by atoms with Crippen LogP contribution in [0.2, 0.25) is 0 Å². The summed E-state index contributed by atoms with van der Waals surface area (Å²) < 4.78 is 5.69. The molecule has 0 saturated heterocycles. The maximum atomic E-state index is 8.43. The Balaban J connectivity index is 1.90. The number of nitriles is 1.